The Morgan fingerprint density at radius 3 is 2.06 bits per heavy atom. The van der Waals surface area contributed by atoms with Gasteiger partial charge in [0.15, 0.2) is 0 Å². The van der Waals surface area contributed by atoms with Gasteiger partial charge in [0.2, 0.25) is 11.0 Å². The summed E-state index contributed by atoms with van der Waals surface area (Å²) in [4.78, 5) is 12.2. The third-order valence-electron chi connectivity index (χ3n) is 5.67. The van der Waals surface area contributed by atoms with E-state index in [0.717, 1.165) is 29.8 Å². The third kappa shape index (κ3) is 11.6. The van der Waals surface area contributed by atoms with Gasteiger partial charge in [0.05, 0.1) is 0 Å². The van der Waals surface area contributed by atoms with E-state index in [1.807, 2.05) is 6.08 Å². The lowest BCUT2D eigenvalue weighted by molar-refractivity contribution is -0.111. The SMILES string of the molecule is CCCCCCCCCc1nnc(NC(=O)C=Cc2ccc(CCCCCCC)cc2)s1. The Morgan fingerprint density at radius 1 is 0.812 bits per heavy atom. The summed E-state index contributed by atoms with van der Waals surface area (Å²) < 4.78 is 0. The molecule has 1 amide bonds. The Kier molecular flexibility index (Phi) is 13.6. The number of rotatable bonds is 17. The van der Waals surface area contributed by atoms with Crippen LogP contribution in [0.15, 0.2) is 30.3 Å². The van der Waals surface area contributed by atoms with Gasteiger partial charge in [-0.25, -0.2) is 0 Å². The fourth-order valence-corrected chi connectivity index (χ4v) is 4.47. The van der Waals surface area contributed by atoms with Crippen LogP contribution in [0.2, 0.25) is 0 Å². The zero-order valence-electron chi connectivity index (χ0n) is 20.1. The van der Waals surface area contributed by atoms with Gasteiger partial charge in [-0.1, -0.05) is 114 Å². The largest absolute Gasteiger partial charge is 0.297 e. The number of nitrogens with one attached hydrogen (secondary N) is 1. The molecule has 4 nitrogen and oxygen atoms in total. The Labute approximate surface area is 198 Å². The molecule has 5 heteroatoms. The fraction of sp³-hybridized carbons (Fsp3) is 0.593. The zero-order chi connectivity index (χ0) is 22.9. The summed E-state index contributed by atoms with van der Waals surface area (Å²) >= 11 is 1.48. The Bertz CT molecular complexity index is 782. The minimum atomic E-state index is -0.163. The number of unbranched alkanes of at least 4 members (excludes halogenated alkanes) is 10. The lowest BCUT2D eigenvalue weighted by Crippen LogP contribution is -2.07. The van der Waals surface area contributed by atoms with Crippen LogP contribution in [0.4, 0.5) is 5.13 Å². The molecule has 0 spiro atoms. The van der Waals surface area contributed by atoms with Gasteiger partial charge in [-0.05, 0) is 36.5 Å². The first kappa shape index (κ1) is 26.2. The first-order valence-electron chi connectivity index (χ1n) is 12.6. The van der Waals surface area contributed by atoms with Crippen LogP contribution in [-0.4, -0.2) is 16.1 Å². The molecule has 0 fully saturated rings. The van der Waals surface area contributed by atoms with Crippen LogP contribution in [0.1, 0.15) is 107 Å². The van der Waals surface area contributed by atoms with E-state index in [-0.39, 0.29) is 5.91 Å². The normalized spacial score (nSPS) is 11.3. The van der Waals surface area contributed by atoms with Crippen molar-refractivity contribution in [3.05, 3.63) is 46.5 Å². The van der Waals surface area contributed by atoms with Crippen LogP contribution in [0.25, 0.3) is 6.08 Å². The predicted molar refractivity (Wildman–Crippen MR) is 138 cm³/mol. The monoisotopic (exact) mass is 455 g/mol. The van der Waals surface area contributed by atoms with E-state index in [2.05, 4.69) is 53.6 Å². The van der Waals surface area contributed by atoms with E-state index in [1.165, 1.54) is 87.5 Å². The molecule has 1 aromatic heterocycles. The molecular weight excluding hydrogens is 414 g/mol. The van der Waals surface area contributed by atoms with Gasteiger partial charge in [0.1, 0.15) is 5.01 Å². The van der Waals surface area contributed by atoms with Crippen LogP contribution < -0.4 is 5.32 Å². The fourth-order valence-electron chi connectivity index (χ4n) is 3.69. The first-order chi connectivity index (χ1) is 15.7. The summed E-state index contributed by atoms with van der Waals surface area (Å²) in [5, 5.41) is 12.7. The number of benzene rings is 1. The smallest absolute Gasteiger partial charge is 0.250 e. The lowest BCUT2D eigenvalue weighted by atomic mass is 10.0. The number of nitrogens with zero attached hydrogens (tertiary/aromatic N) is 2. The van der Waals surface area contributed by atoms with E-state index in [9.17, 15) is 4.79 Å². The van der Waals surface area contributed by atoms with Crippen LogP contribution in [0.3, 0.4) is 0 Å². The van der Waals surface area contributed by atoms with Crippen LogP contribution in [-0.2, 0) is 17.6 Å². The summed E-state index contributed by atoms with van der Waals surface area (Å²) in [5.41, 5.74) is 2.40. The highest BCUT2D eigenvalue weighted by molar-refractivity contribution is 7.15. The van der Waals surface area contributed by atoms with Crippen LogP contribution in [0, 0.1) is 0 Å². The second kappa shape index (κ2) is 16.6. The highest BCUT2D eigenvalue weighted by atomic mass is 32.1. The summed E-state index contributed by atoms with van der Waals surface area (Å²) in [6.45, 7) is 4.49. The molecule has 0 saturated carbocycles. The van der Waals surface area contributed by atoms with E-state index < -0.39 is 0 Å². The highest BCUT2D eigenvalue weighted by Gasteiger charge is 2.06. The van der Waals surface area contributed by atoms with Crippen LogP contribution >= 0.6 is 11.3 Å². The molecule has 0 aliphatic rings. The minimum Gasteiger partial charge on any atom is -0.297 e. The molecular formula is C27H41N3OS. The molecule has 0 atom stereocenters. The molecule has 0 aliphatic heterocycles. The van der Waals surface area contributed by atoms with Gasteiger partial charge >= 0.3 is 0 Å². The van der Waals surface area contributed by atoms with E-state index in [1.54, 1.807) is 6.08 Å². The van der Waals surface area contributed by atoms with Crippen molar-refractivity contribution < 1.29 is 4.79 Å². The number of carbonyl (C=O) groups is 1. The average Bonchev–Trinajstić information content (AvgIpc) is 3.25. The second-order valence-electron chi connectivity index (χ2n) is 8.60. The first-order valence-corrected chi connectivity index (χ1v) is 13.4. The van der Waals surface area contributed by atoms with Crippen molar-refractivity contribution in [2.75, 3.05) is 5.32 Å². The second-order valence-corrected chi connectivity index (χ2v) is 9.66. The number of amides is 1. The molecule has 0 saturated heterocycles. The molecule has 0 aliphatic carbocycles. The van der Waals surface area contributed by atoms with Crippen LogP contribution in [0.5, 0.6) is 0 Å². The van der Waals surface area contributed by atoms with Gasteiger partial charge in [0.25, 0.3) is 0 Å². The Balaban J connectivity index is 1.65. The van der Waals surface area contributed by atoms with Gasteiger partial charge in [-0.3, -0.25) is 10.1 Å². The third-order valence-corrected chi connectivity index (χ3v) is 6.57. The summed E-state index contributed by atoms with van der Waals surface area (Å²) in [6.07, 6.45) is 21.0. The number of hydrogen-bond acceptors (Lipinski definition) is 4. The Morgan fingerprint density at radius 2 is 1.41 bits per heavy atom. The molecule has 0 radical (unpaired) electrons. The van der Waals surface area contributed by atoms with E-state index >= 15 is 0 Å². The molecule has 1 aromatic carbocycles. The summed E-state index contributed by atoms with van der Waals surface area (Å²) in [7, 11) is 0. The zero-order valence-corrected chi connectivity index (χ0v) is 20.9. The molecule has 1 N–H and O–H groups in total. The van der Waals surface area contributed by atoms with Crippen molar-refractivity contribution in [2.45, 2.75) is 104 Å². The number of hydrogen-bond donors (Lipinski definition) is 1. The minimum absolute atomic E-state index is 0.163. The molecule has 1 heterocycles. The average molecular weight is 456 g/mol. The number of anilines is 1. The number of aryl methyl sites for hydroxylation is 2. The van der Waals surface area contributed by atoms with Crippen molar-refractivity contribution in [2.24, 2.45) is 0 Å². The molecule has 0 bridgehead atoms. The maximum Gasteiger partial charge on any atom is 0.250 e. The van der Waals surface area contributed by atoms with Crippen molar-refractivity contribution >= 4 is 28.5 Å². The molecule has 2 rings (SSSR count). The predicted octanol–water partition coefficient (Wildman–Crippen LogP) is 8.00. The summed E-state index contributed by atoms with van der Waals surface area (Å²) in [5.74, 6) is -0.163. The van der Waals surface area contributed by atoms with Crippen molar-refractivity contribution in [3.8, 4) is 0 Å². The van der Waals surface area contributed by atoms with Gasteiger partial charge < -0.3 is 0 Å². The number of carbonyl (C=O) groups excluding carboxylic acids is 1. The topological polar surface area (TPSA) is 54.9 Å². The molecule has 0 unspecified atom stereocenters. The van der Waals surface area contributed by atoms with Gasteiger partial charge in [-0.15, -0.1) is 10.2 Å². The standard InChI is InChI=1S/C27H41N3OS/c1-3-5-7-9-10-12-14-16-26-29-30-27(32-26)28-25(31)22-21-24-19-17-23(18-20-24)15-13-11-8-6-4-2/h17-22H,3-16H2,1-2H3,(H,28,30,31). The quantitative estimate of drug-likeness (QED) is 0.194. The Hall–Kier alpha value is -2.01. The molecule has 2 aromatic rings. The maximum absolute atomic E-state index is 12.2. The lowest BCUT2D eigenvalue weighted by Gasteiger charge is -2.02. The maximum atomic E-state index is 12.2. The molecule has 32 heavy (non-hydrogen) atoms. The van der Waals surface area contributed by atoms with Crippen molar-refractivity contribution in [1.29, 1.82) is 0 Å². The van der Waals surface area contributed by atoms with Crippen molar-refractivity contribution in [3.63, 3.8) is 0 Å². The molecule has 176 valence electrons. The summed E-state index contributed by atoms with van der Waals surface area (Å²) in [6, 6.07) is 8.49. The number of aromatic nitrogens is 2. The van der Waals surface area contributed by atoms with Gasteiger partial charge in [0, 0.05) is 12.5 Å². The van der Waals surface area contributed by atoms with E-state index in [0.29, 0.717) is 5.13 Å². The van der Waals surface area contributed by atoms with Gasteiger partial charge in [-0.2, -0.15) is 0 Å². The van der Waals surface area contributed by atoms with Crippen molar-refractivity contribution in [1.82, 2.24) is 10.2 Å². The highest BCUT2D eigenvalue weighted by Crippen LogP contribution is 2.18. The van der Waals surface area contributed by atoms with E-state index in [4.69, 9.17) is 0 Å².